The topological polar surface area (TPSA) is 146 Å². The Kier molecular flexibility index (Phi) is 6.11. The maximum absolute atomic E-state index is 13.0. The molecule has 0 saturated carbocycles. The van der Waals surface area contributed by atoms with Crippen LogP contribution in [0.2, 0.25) is 0 Å². The molecule has 0 atom stereocenters. The molecule has 2 heterocycles. The van der Waals surface area contributed by atoms with E-state index >= 15 is 0 Å². The lowest BCUT2D eigenvalue weighted by Crippen LogP contribution is -2.21. The minimum absolute atomic E-state index is 0.00674. The smallest absolute Gasteiger partial charge is 0.294 e. The summed E-state index contributed by atoms with van der Waals surface area (Å²) in [6.45, 7) is 6.23. The normalized spacial score (nSPS) is 11.4. The molecule has 4 rings (SSSR count). The number of nitrogens with two attached hydrogens (primary N) is 1. The predicted octanol–water partition coefficient (Wildman–Crippen LogP) is 2.76. The molecule has 2 aromatic carbocycles. The molecule has 0 fully saturated rings. The maximum atomic E-state index is 13.0. The van der Waals surface area contributed by atoms with Crippen molar-refractivity contribution in [3.8, 4) is 22.8 Å². The van der Waals surface area contributed by atoms with Gasteiger partial charge in [-0.05, 0) is 60.9 Å². The first-order chi connectivity index (χ1) is 16.0. The molecular weight excluding hydrogens is 424 g/mol. The first kappa shape index (κ1) is 21.7. The van der Waals surface area contributed by atoms with Crippen molar-refractivity contribution in [2.45, 2.75) is 20.8 Å². The Hall–Kier alpha value is -4.54. The number of amides is 1. The Morgan fingerprint density at radius 1 is 1.15 bits per heavy atom. The van der Waals surface area contributed by atoms with E-state index in [9.17, 15) is 4.79 Å². The third kappa shape index (κ3) is 4.56. The zero-order valence-electron chi connectivity index (χ0n) is 18.3. The van der Waals surface area contributed by atoms with Gasteiger partial charge in [0.25, 0.3) is 5.91 Å². The van der Waals surface area contributed by atoms with Crippen molar-refractivity contribution in [3.63, 3.8) is 0 Å². The molecule has 0 bridgehead atoms. The predicted molar refractivity (Wildman–Crippen MR) is 121 cm³/mol. The van der Waals surface area contributed by atoms with Crippen LogP contribution in [0.1, 0.15) is 35.5 Å². The van der Waals surface area contributed by atoms with Gasteiger partial charge in [0.2, 0.25) is 11.6 Å². The molecule has 11 heteroatoms. The van der Waals surface area contributed by atoms with Gasteiger partial charge in [0.05, 0.1) is 12.3 Å². The summed E-state index contributed by atoms with van der Waals surface area (Å²) >= 11 is 0. The molecule has 4 aromatic rings. The summed E-state index contributed by atoms with van der Waals surface area (Å²) in [7, 11) is 0. The molecule has 0 radical (unpaired) electrons. The van der Waals surface area contributed by atoms with E-state index in [1.54, 1.807) is 31.2 Å². The van der Waals surface area contributed by atoms with Crippen LogP contribution in [0, 0.1) is 6.92 Å². The van der Waals surface area contributed by atoms with E-state index < -0.39 is 5.91 Å². The molecule has 0 saturated heterocycles. The van der Waals surface area contributed by atoms with Crippen LogP contribution in [-0.4, -0.2) is 43.5 Å². The van der Waals surface area contributed by atoms with Gasteiger partial charge in [-0.3, -0.25) is 4.79 Å². The Balaban J connectivity index is 1.69. The lowest BCUT2D eigenvalue weighted by Gasteiger charge is -2.08. The lowest BCUT2D eigenvalue weighted by molar-refractivity contribution is 0.0950. The van der Waals surface area contributed by atoms with Crippen molar-refractivity contribution in [1.82, 2.24) is 30.7 Å². The van der Waals surface area contributed by atoms with E-state index in [1.807, 2.05) is 38.1 Å². The number of hydrogen-bond donors (Lipinski definition) is 2. The number of aryl methyl sites for hydroxylation is 1. The van der Waals surface area contributed by atoms with Gasteiger partial charge in [-0.15, -0.1) is 5.10 Å². The number of nitrogens with one attached hydrogen (secondary N) is 1. The van der Waals surface area contributed by atoms with E-state index in [1.165, 1.54) is 4.68 Å². The minimum atomic E-state index is -0.549. The molecule has 0 spiro atoms. The SMILES string of the molecule is CCOc1ccc(-c2c(C(=O)NN=C(C)c3ccc(C)cc3)nnn2-c2nonc2N)cc1. The summed E-state index contributed by atoms with van der Waals surface area (Å²) in [4.78, 5) is 13.0. The maximum Gasteiger partial charge on any atom is 0.294 e. The van der Waals surface area contributed by atoms with Crippen molar-refractivity contribution in [3.05, 3.63) is 65.4 Å². The van der Waals surface area contributed by atoms with E-state index in [0.29, 0.717) is 29.3 Å². The number of carbonyl (C=O) groups is 1. The number of anilines is 1. The summed E-state index contributed by atoms with van der Waals surface area (Å²) in [6.07, 6.45) is 0. The average Bonchev–Trinajstić information content (AvgIpc) is 3.44. The molecular formula is C22H22N8O3. The zero-order valence-corrected chi connectivity index (χ0v) is 18.3. The van der Waals surface area contributed by atoms with Crippen molar-refractivity contribution >= 4 is 17.4 Å². The van der Waals surface area contributed by atoms with Gasteiger partial charge in [-0.2, -0.15) is 9.78 Å². The van der Waals surface area contributed by atoms with Crippen molar-refractivity contribution in [2.24, 2.45) is 5.10 Å². The van der Waals surface area contributed by atoms with Gasteiger partial charge in [0.15, 0.2) is 5.69 Å². The standard InChI is InChI=1S/C22H22N8O3/c1-4-32-17-11-9-16(10-12-17)19-18(25-29-30(19)21-20(23)27-33-28-21)22(31)26-24-14(3)15-7-5-13(2)6-8-15/h5-12H,4H2,1-3H3,(H2,23,27)(H,26,31). The van der Waals surface area contributed by atoms with Crippen LogP contribution in [0.25, 0.3) is 17.1 Å². The largest absolute Gasteiger partial charge is 0.494 e. The van der Waals surface area contributed by atoms with Gasteiger partial charge < -0.3 is 10.5 Å². The fourth-order valence-electron chi connectivity index (χ4n) is 3.10. The fourth-order valence-corrected chi connectivity index (χ4v) is 3.10. The molecule has 168 valence electrons. The number of ether oxygens (including phenoxy) is 1. The monoisotopic (exact) mass is 446 g/mol. The zero-order chi connectivity index (χ0) is 23.4. The number of aromatic nitrogens is 5. The Labute approximate surface area is 189 Å². The van der Waals surface area contributed by atoms with Gasteiger partial charge in [0, 0.05) is 5.56 Å². The van der Waals surface area contributed by atoms with Crippen LogP contribution in [0.3, 0.4) is 0 Å². The summed E-state index contributed by atoms with van der Waals surface area (Å²) < 4.78 is 11.5. The summed E-state index contributed by atoms with van der Waals surface area (Å²) in [5.74, 6) is 0.260. The quantitative estimate of drug-likeness (QED) is 0.325. The van der Waals surface area contributed by atoms with Gasteiger partial charge in [-0.1, -0.05) is 35.0 Å². The molecule has 0 aliphatic carbocycles. The number of carbonyl (C=O) groups excluding carboxylic acids is 1. The van der Waals surface area contributed by atoms with E-state index in [2.05, 4.69) is 31.2 Å². The van der Waals surface area contributed by atoms with Crippen LogP contribution in [-0.2, 0) is 0 Å². The summed E-state index contributed by atoms with van der Waals surface area (Å²) in [5.41, 5.74) is 12.1. The van der Waals surface area contributed by atoms with Gasteiger partial charge in [0.1, 0.15) is 11.4 Å². The number of hydrazone groups is 1. The van der Waals surface area contributed by atoms with Crippen LogP contribution >= 0.6 is 0 Å². The second-order valence-corrected chi connectivity index (χ2v) is 7.13. The molecule has 3 N–H and O–H groups in total. The molecule has 1 amide bonds. The number of nitrogens with zero attached hydrogens (tertiary/aromatic N) is 6. The number of hydrogen-bond acceptors (Lipinski definition) is 9. The molecule has 0 unspecified atom stereocenters. The molecule has 33 heavy (non-hydrogen) atoms. The van der Waals surface area contributed by atoms with Crippen LogP contribution in [0.15, 0.2) is 58.3 Å². The van der Waals surface area contributed by atoms with E-state index in [4.69, 9.17) is 15.1 Å². The average molecular weight is 446 g/mol. The Morgan fingerprint density at radius 3 is 2.52 bits per heavy atom. The summed E-state index contributed by atoms with van der Waals surface area (Å²) in [5, 5.41) is 19.7. The van der Waals surface area contributed by atoms with Crippen LogP contribution < -0.4 is 15.9 Å². The molecule has 11 nitrogen and oxygen atoms in total. The fraction of sp³-hybridized carbons (Fsp3) is 0.182. The lowest BCUT2D eigenvalue weighted by atomic mass is 10.1. The summed E-state index contributed by atoms with van der Waals surface area (Å²) in [6, 6.07) is 14.9. The first-order valence-corrected chi connectivity index (χ1v) is 10.2. The molecule has 2 aromatic heterocycles. The highest BCUT2D eigenvalue weighted by Crippen LogP contribution is 2.28. The number of nitrogen functional groups attached to an aromatic ring is 1. The van der Waals surface area contributed by atoms with Gasteiger partial charge >= 0.3 is 0 Å². The van der Waals surface area contributed by atoms with E-state index in [-0.39, 0.29) is 17.3 Å². The Morgan fingerprint density at radius 2 is 1.88 bits per heavy atom. The van der Waals surface area contributed by atoms with Crippen LogP contribution in [0.4, 0.5) is 5.82 Å². The second kappa shape index (κ2) is 9.30. The van der Waals surface area contributed by atoms with Crippen LogP contribution in [0.5, 0.6) is 5.75 Å². The van der Waals surface area contributed by atoms with Gasteiger partial charge in [-0.25, -0.2) is 10.1 Å². The van der Waals surface area contributed by atoms with Crippen molar-refractivity contribution < 1.29 is 14.2 Å². The Bertz CT molecular complexity index is 1290. The number of benzene rings is 2. The van der Waals surface area contributed by atoms with E-state index in [0.717, 1.165) is 11.1 Å². The highest BCUT2D eigenvalue weighted by Gasteiger charge is 2.25. The number of rotatable bonds is 7. The highest BCUT2D eigenvalue weighted by atomic mass is 16.6. The minimum Gasteiger partial charge on any atom is -0.494 e. The second-order valence-electron chi connectivity index (χ2n) is 7.13. The third-order valence-corrected chi connectivity index (χ3v) is 4.81. The third-order valence-electron chi connectivity index (χ3n) is 4.81. The molecule has 0 aliphatic heterocycles. The van der Waals surface area contributed by atoms with Crippen molar-refractivity contribution in [2.75, 3.05) is 12.3 Å². The highest BCUT2D eigenvalue weighted by molar-refractivity contribution is 6.02. The first-order valence-electron chi connectivity index (χ1n) is 10.2. The molecule has 0 aliphatic rings. The van der Waals surface area contributed by atoms with Crippen molar-refractivity contribution in [1.29, 1.82) is 0 Å².